The van der Waals surface area contributed by atoms with E-state index in [9.17, 15) is 9.18 Å². The van der Waals surface area contributed by atoms with E-state index in [1.807, 2.05) is 24.8 Å². The maximum Gasteiger partial charge on any atom is 0.243 e. The second-order valence-corrected chi connectivity index (χ2v) is 7.06. The topological polar surface area (TPSA) is 61.4 Å². The zero-order chi connectivity index (χ0) is 17.8. The summed E-state index contributed by atoms with van der Waals surface area (Å²) in [5, 5.41) is 12.3. The Morgan fingerprint density at radius 3 is 2.64 bits per heavy atom. The Hall–Kier alpha value is -2.06. The van der Waals surface area contributed by atoms with E-state index in [-0.39, 0.29) is 17.8 Å². The van der Waals surface area contributed by atoms with Crippen LogP contribution in [0.1, 0.15) is 18.9 Å². The van der Waals surface area contributed by atoms with Crippen molar-refractivity contribution >= 4 is 28.1 Å². The number of anilines is 2. The van der Waals surface area contributed by atoms with Crippen molar-refractivity contribution in [2.45, 2.75) is 26.3 Å². The summed E-state index contributed by atoms with van der Waals surface area (Å²) in [6.45, 7) is 6.69. The molecule has 2 aromatic rings. The molecule has 6 nitrogen and oxygen atoms in total. The molecule has 0 bridgehead atoms. The van der Waals surface area contributed by atoms with Crippen molar-refractivity contribution in [1.29, 1.82) is 0 Å². The van der Waals surface area contributed by atoms with Crippen LogP contribution in [-0.4, -0.2) is 53.2 Å². The highest BCUT2D eigenvalue weighted by Gasteiger charge is 2.27. The summed E-state index contributed by atoms with van der Waals surface area (Å²) in [7, 11) is 0. The van der Waals surface area contributed by atoms with Gasteiger partial charge in [-0.15, -0.1) is 10.2 Å². The minimum Gasteiger partial charge on any atom is -0.367 e. The summed E-state index contributed by atoms with van der Waals surface area (Å²) in [5.41, 5.74) is 0.625. The van der Waals surface area contributed by atoms with Crippen LogP contribution >= 0.6 is 11.3 Å². The highest BCUT2D eigenvalue weighted by Crippen LogP contribution is 2.21. The Labute approximate surface area is 150 Å². The molecule has 1 amide bonds. The smallest absolute Gasteiger partial charge is 0.243 e. The third kappa shape index (κ3) is 4.13. The first-order valence-corrected chi connectivity index (χ1v) is 9.27. The number of rotatable bonds is 5. The van der Waals surface area contributed by atoms with E-state index >= 15 is 0 Å². The van der Waals surface area contributed by atoms with E-state index in [2.05, 4.69) is 20.4 Å². The quantitative estimate of drug-likeness (QED) is 0.884. The van der Waals surface area contributed by atoms with Gasteiger partial charge in [0.2, 0.25) is 11.0 Å². The number of halogens is 1. The summed E-state index contributed by atoms with van der Waals surface area (Å²) < 4.78 is 13.9. The molecule has 0 aliphatic carbocycles. The Morgan fingerprint density at radius 1 is 1.28 bits per heavy atom. The molecule has 25 heavy (non-hydrogen) atoms. The van der Waals surface area contributed by atoms with Gasteiger partial charge < -0.3 is 4.90 Å². The van der Waals surface area contributed by atoms with Gasteiger partial charge in [0.15, 0.2) is 0 Å². The lowest BCUT2D eigenvalue weighted by Crippen LogP contribution is -2.53. The fourth-order valence-corrected chi connectivity index (χ4v) is 3.56. The van der Waals surface area contributed by atoms with E-state index < -0.39 is 0 Å². The standard InChI is InChI=1S/C17H22FN5OS/c1-3-15-20-21-17(25-15)19-16(24)12(2)22-8-10-23(11-9-22)14-7-5-4-6-13(14)18/h4-7,12H,3,8-11H2,1-2H3,(H,19,21,24)/t12-/m0/s1. The summed E-state index contributed by atoms with van der Waals surface area (Å²) in [4.78, 5) is 16.6. The minimum absolute atomic E-state index is 0.0851. The van der Waals surface area contributed by atoms with E-state index in [1.54, 1.807) is 12.1 Å². The predicted molar refractivity (Wildman–Crippen MR) is 97.6 cm³/mol. The number of hydrogen-bond acceptors (Lipinski definition) is 6. The van der Waals surface area contributed by atoms with Crippen molar-refractivity contribution in [2.75, 3.05) is 36.4 Å². The molecule has 0 saturated carbocycles. The molecule has 1 aliphatic heterocycles. The molecule has 0 spiro atoms. The summed E-state index contributed by atoms with van der Waals surface area (Å²) in [6.07, 6.45) is 0.807. The van der Waals surface area contributed by atoms with Crippen molar-refractivity contribution in [2.24, 2.45) is 0 Å². The van der Waals surface area contributed by atoms with Gasteiger partial charge in [-0.2, -0.15) is 0 Å². The molecule has 1 aromatic heterocycles. The molecule has 1 aromatic carbocycles. The molecule has 1 saturated heterocycles. The first-order valence-electron chi connectivity index (χ1n) is 8.45. The number of carbonyl (C=O) groups excluding carboxylic acids is 1. The second-order valence-electron chi connectivity index (χ2n) is 5.99. The van der Waals surface area contributed by atoms with Crippen LogP contribution in [0.5, 0.6) is 0 Å². The number of aryl methyl sites for hydroxylation is 1. The molecule has 1 atom stereocenters. The zero-order valence-electron chi connectivity index (χ0n) is 14.4. The second kappa shape index (κ2) is 7.88. The van der Waals surface area contributed by atoms with Crippen LogP contribution in [0, 0.1) is 5.82 Å². The molecule has 1 N–H and O–H groups in total. The molecule has 134 valence electrons. The molecule has 1 fully saturated rings. The van der Waals surface area contributed by atoms with Gasteiger partial charge in [-0.05, 0) is 25.5 Å². The molecule has 2 heterocycles. The predicted octanol–water partition coefficient (Wildman–Crippen LogP) is 2.39. The molecule has 0 unspecified atom stereocenters. The van der Waals surface area contributed by atoms with Gasteiger partial charge in [-0.3, -0.25) is 15.0 Å². The summed E-state index contributed by atoms with van der Waals surface area (Å²) in [5.74, 6) is -0.289. The molecule has 8 heteroatoms. The fraction of sp³-hybridized carbons (Fsp3) is 0.471. The van der Waals surface area contributed by atoms with Crippen LogP contribution < -0.4 is 10.2 Å². The van der Waals surface area contributed by atoms with Crippen molar-refractivity contribution < 1.29 is 9.18 Å². The highest BCUT2D eigenvalue weighted by molar-refractivity contribution is 7.15. The number of nitrogens with one attached hydrogen (secondary N) is 1. The van der Waals surface area contributed by atoms with Crippen LogP contribution in [0.2, 0.25) is 0 Å². The number of hydrogen-bond donors (Lipinski definition) is 1. The van der Waals surface area contributed by atoms with Crippen molar-refractivity contribution in [3.05, 3.63) is 35.1 Å². The highest BCUT2D eigenvalue weighted by atomic mass is 32.1. The monoisotopic (exact) mass is 363 g/mol. The molecule has 0 radical (unpaired) electrons. The number of para-hydroxylation sites is 1. The number of piperazine rings is 1. The number of benzene rings is 1. The largest absolute Gasteiger partial charge is 0.367 e. The van der Waals surface area contributed by atoms with Gasteiger partial charge in [-0.25, -0.2) is 4.39 Å². The molecule has 3 rings (SSSR count). The van der Waals surface area contributed by atoms with Crippen molar-refractivity contribution in [3.8, 4) is 0 Å². The number of carbonyl (C=O) groups is 1. The number of amides is 1. The van der Waals surface area contributed by atoms with Gasteiger partial charge in [0, 0.05) is 26.2 Å². The first-order chi connectivity index (χ1) is 12.1. The normalized spacial score (nSPS) is 16.7. The van der Waals surface area contributed by atoms with Crippen molar-refractivity contribution in [1.82, 2.24) is 15.1 Å². The Balaban J connectivity index is 1.55. The summed E-state index contributed by atoms with van der Waals surface area (Å²) in [6, 6.07) is 6.54. The Kier molecular flexibility index (Phi) is 5.60. The average molecular weight is 363 g/mol. The number of nitrogens with zero attached hydrogens (tertiary/aromatic N) is 4. The van der Waals surface area contributed by atoms with Gasteiger partial charge in [0.25, 0.3) is 0 Å². The third-order valence-electron chi connectivity index (χ3n) is 4.43. The van der Waals surface area contributed by atoms with E-state index in [0.29, 0.717) is 37.0 Å². The van der Waals surface area contributed by atoms with E-state index in [0.717, 1.165) is 11.4 Å². The Bertz CT molecular complexity index is 729. The minimum atomic E-state index is -0.267. The van der Waals surface area contributed by atoms with Crippen LogP contribution in [0.3, 0.4) is 0 Å². The van der Waals surface area contributed by atoms with Crippen LogP contribution in [0.15, 0.2) is 24.3 Å². The third-order valence-corrected chi connectivity index (χ3v) is 5.42. The molecular formula is C17H22FN5OS. The van der Waals surface area contributed by atoms with Crippen LogP contribution in [-0.2, 0) is 11.2 Å². The van der Waals surface area contributed by atoms with Gasteiger partial charge in [-0.1, -0.05) is 30.4 Å². The lowest BCUT2D eigenvalue weighted by atomic mass is 10.2. The first kappa shape index (κ1) is 17.8. The van der Waals surface area contributed by atoms with Crippen molar-refractivity contribution in [3.63, 3.8) is 0 Å². The zero-order valence-corrected chi connectivity index (χ0v) is 15.2. The average Bonchev–Trinajstić information content (AvgIpc) is 3.09. The Morgan fingerprint density at radius 2 is 2.00 bits per heavy atom. The van der Waals surface area contributed by atoms with Gasteiger partial charge in [0.05, 0.1) is 11.7 Å². The van der Waals surface area contributed by atoms with Crippen LogP contribution in [0.4, 0.5) is 15.2 Å². The maximum absolute atomic E-state index is 13.9. The maximum atomic E-state index is 13.9. The molecule has 1 aliphatic rings. The lowest BCUT2D eigenvalue weighted by Gasteiger charge is -2.38. The molecular weight excluding hydrogens is 341 g/mol. The summed E-state index contributed by atoms with van der Waals surface area (Å²) >= 11 is 1.40. The van der Waals surface area contributed by atoms with Gasteiger partial charge >= 0.3 is 0 Å². The SMILES string of the molecule is CCc1nnc(NC(=O)[C@H](C)N2CCN(c3ccccc3F)CC2)s1. The van der Waals surface area contributed by atoms with Gasteiger partial charge in [0.1, 0.15) is 10.8 Å². The van der Waals surface area contributed by atoms with E-state index in [1.165, 1.54) is 17.4 Å². The fourth-order valence-electron chi connectivity index (χ4n) is 2.88. The number of aromatic nitrogens is 2. The van der Waals surface area contributed by atoms with E-state index in [4.69, 9.17) is 0 Å². The van der Waals surface area contributed by atoms with Crippen LogP contribution in [0.25, 0.3) is 0 Å². The lowest BCUT2D eigenvalue weighted by molar-refractivity contribution is -0.120.